The minimum absolute atomic E-state index is 0. The average molecular weight is 236 g/mol. The third-order valence-electron chi connectivity index (χ3n) is 0. The molecule has 0 saturated heterocycles. The summed E-state index contributed by atoms with van der Waals surface area (Å²) < 4.78 is 31.6. The van der Waals surface area contributed by atoms with Gasteiger partial charge in [0.2, 0.25) is 0 Å². The van der Waals surface area contributed by atoms with Gasteiger partial charge < -0.3 is 21.9 Å². The van der Waals surface area contributed by atoms with Crippen LogP contribution in [0, 0.1) is 0 Å². The van der Waals surface area contributed by atoms with Crippen molar-refractivity contribution in [3.05, 3.63) is 0 Å². The fraction of sp³-hybridized carbons (Fsp3) is 0. The summed E-state index contributed by atoms with van der Waals surface area (Å²) in [4.78, 5) is 0. The van der Waals surface area contributed by atoms with Crippen molar-refractivity contribution in [1.29, 1.82) is 0 Å². The molecule has 0 rings (SSSR count). The summed E-state index contributed by atoms with van der Waals surface area (Å²) in [7, 11) is -4.67. The molecular formula is H10O8SZn. The topological polar surface area (TPSA) is 201 Å². The van der Waals surface area contributed by atoms with E-state index >= 15 is 0 Å². The van der Waals surface area contributed by atoms with Crippen LogP contribution in [0.3, 0.4) is 0 Å². The molecule has 0 bridgehead atoms. The second-order valence-electron chi connectivity index (χ2n) is 0.448. The Labute approximate surface area is 69.8 Å². The molecule has 0 spiro atoms. The first-order chi connectivity index (χ1) is 2.00. The van der Waals surface area contributed by atoms with Crippen LogP contribution in [0.1, 0.15) is 0 Å². The van der Waals surface area contributed by atoms with Gasteiger partial charge in [0.1, 0.15) is 0 Å². The summed E-state index contributed by atoms with van der Waals surface area (Å²) in [6.07, 6.45) is 0. The first kappa shape index (κ1) is 47.9. The van der Waals surface area contributed by atoms with E-state index in [2.05, 4.69) is 0 Å². The van der Waals surface area contributed by atoms with E-state index in [0.717, 1.165) is 0 Å². The normalized spacial score (nSPS) is 5.80. The fourth-order valence-corrected chi connectivity index (χ4v) is 0. The van der Waals surface area contributed by atoms with E-state index in [-0.39, 0.29) is 41.4 Å². The van der Waals surface area contributed by atoms with E-state index in [4.69, 9.17) is 17.5 Å². The van der Waals surface area contributed by atoms with Gasteiger partial charge in [-0.3, -0.25) is 9.11 Å². The minimum Gasteiger partial charge on any atom is -0.412 e. The summed E-state index contributed by atoms with van der Waals surface area (Å²) in [5.74, 6) is 0. The molecule has 0 unspecified atom stereocenters. The fourth-order valence-electron chi connectivity index (χ4n) is 0. The molecule has 0 aromatic rings. The Morgan fingerprint density at radius 1 is 0.800 bits per heavy atom. The molecule has 0 aromatic carbocycles. The van der Waals surface area contributed by atoms with Crippen LogP contribution < -0.4 is 0 Å². The van der Waals surface area contributed by atoms with Crippen molar-refractivity contribution in [2.45, 2.75) is 0 Å². The quantitative estimate of drug-likeness (QED) is 0.319. The van der Waals surface area contributed by atoms with Crippen LogP contribution in [0.5, 0.6) is 0 Å². The zero-order valence-electron chi connectivity index (χ0n) is 4.83. The van der Waals surface area contributed by atoms with Crippen LogP contribution >= 0.6 is 0 Å². The van der Waals surface area contributed by atoms with Crippen molar-refractivity contribution in [2.75, 3.05) is 0 Å². The van der Waals surface area contributed by atoms with Gasteiger partial charge in [-0.15, -0.1) is 0 Å². The van der Waals surface area contributed by atoms with Crippen molar-refractivity contribution in [1.82, 2.24) is 0 Å². The molecule has 8 nitrogen and oxygen atoms in total. The van der Waals surface area contributed by atoms with Gasteiger partial charge in [-0.1, -0.05) is 0 Å². The van der Waals surface area contributed by atoms with E-state index in [1.54, 1.807) is 0 Å². The monoisotopic (exact) mass is 234 g/mol. The molecule has 10 heteroatoms. The molecule has 10 heavy (non-hydrogen) atoms. The van der Waals surface area contributed by atoms with Crippen molar-refractivity contribution in [3.63, 3.8) is 0 Å². The van der Waals surface area contributed by atoms with Crippen LogP contribution in [0.4, 0.5) is 0 Å². The molecule has 0 aliphatic heterocycles. The zero-order valence-corrected chi connectivity index (χ0v) is 8.61. The van der Waals surface area contributed by atoms with Crippen LogP contribution in [-0.4, -0.2) is 39.4 Å². The first-order valence-corrected chi connectivity index (χ1v) is 2.10. The Morgan fingerprint density at radius 3 is 0.800 bits per heavy atom. The third kappa shape index (κ3) is 4030. The summed E-state index contributed by atoms with van der Waals surface area (Å²) in [5.41, 5.74) is 0. The van der Waals surface area contributed by atoms with Gasteiger partial charge in [0.15, 0.2) is 0 Å². The molecule has 0 saturated carbocycles. The number of rotatable bonds is 0. The predicted octanol–water partition coefficient (Wildman–Crippen LogP) is -3.95. The SMILES string of the molecule is O.O.O.O.O=S(=O)(O)O.[Zn]. The Balaban J connectivity index is -0.00000000800. The van der Waals surface area contributed by atoms with Crippen LogP contribution in [-0.2, 0) is 29.9 Å². The van der Waals surface area contributed by atoms with Crippen LogP contribution in [0.2, 0.25) is 0 Å². The van der Waals surface area contributed by atoms with Gasteiger partial charge >= 0.3 is 10.4 Å². The number of hydrogen-bond donors (Lipinski definition) is 2. The summed E-state index contributed by atoms with van der Waals surface area (Å²) in [5, 5.41) is 0. The maximum Gasteiger partial charge on any atom is 0.394 e. The maximum atomic E-state index is 8.74. The van der Waals surface area contributed by atoms with Gasteiger partial charge in [-0.2, -0.15) is 8.42 Å². The molecule has 0 aliphatic carbocycles. The smallest absolute Gasteiger partial charge is 0.394 e. The molecule has 0 atom stereocenters. The predicted molar refractivity (Wildman–Crippen MR) is 28.6 cm³/mol. The average Bonchev–Trinajstić information content (AvgIpc) is 0.722. The second-order valence-corrected chi connectivity index (χ2v) is 1.34. The molecule has 0 fully saturated rings. The second kappa shape index (κ2) is 16.2. The van der Waals surface area contributed by atoms with Crippen molar-refractivity contribution in [3.8, 4) is 0 Å². The maximum absolute atomic E-state index is 8.74. The molecule has 0 radical (unpaired) electrons. The Bertz CT molecular complexity index is 92.4. The first-order valence-electron chi connectivity index (χ1n) is 0.698. The van der Waals surface area contributed by atoms with Crippen molar-refractivity contribution in [2.24, 2.45) is 0 Å². The van der Waals surface area contributed by atoms with Gasteiger partial charge in [-0.05, 0) is 0 Å². The van der Waals surface area contributed by atoms with E-state index in [9.17, 15) is 0 Å². The summed E-state index contributed by atoms with van der Waals surface area (Å²) >= 11 is 0. The molecule has 0 aromatic heterocycles. The van der Waals surface area contributed by atoms with Gasteiger partial charge in [0, 0.05) is 19.5 Å². The molecule has 0 amide bonds. The van der Waals surface area contributed by atoms with Gasteiger partial charge in [0.05, 0.1) is 0 Å². The number of hydrogen-bond acceptors (Lipinski definition) is 2. The van der Waals surface area contributed by atoms with E-state index in [1.807, 2.05) is 0 Å². The minimum atomic E-state index is -4.67. The van der Waals surface area contributed by atoms with Crippen LogP contribution in [0.25, 0.3) is 0 Å². The van der Waals surface area contributed by atoms with E-state index in [1.165, 1.54) is 0 Å². The Morgan fingerprint density at radius 2 is 0.800 bits per heavy atom. The largest absolute Gasteiger partial charge is 0.412 e. The standard InChI is InChI=1S/H2O4S.4H2O.Zn/c1-5(2,3)4;;;;;/h(H2,1,2,3,4);4*1H2;. The Hall–Kier alpha value is 0.333. The third-order valence-corrected chi connectivity index (χ3v) is 0. The van der Waals surface area contributed by atoms with Crippen molar-refractivity contribution >= 4 is 10.4 Å². The molecule has 10 N–H and O–H groups in total. The van der Waals surface area contributed by atoms with E-state index < -0.39 is 10.4 Å². The zero-order chi connectivity index (χ0) is 4.50. The van der Waals surface area contributed by atoms with Crippen molar-refractivity contribution < 1.29 is 58.9 Å². The van der Waals surface area contributed by atoms with Crippen LogP contribution in [0.15, 0.2) is 0 Å². The summed E-state index contributed by atoms with van der Waals surface area (Å²) in [6, 6.07) is 0. The molecule has 0 aliphatic rings. The molecule has 0 heterocycles. The van der Waals surface area contributed by atoms with Gasteiger partial charge in [-0.25, -0.2) is 0 Å². The van der Waals surface area contributed by atoms with E-state index in [0.29, 0.717) is 0 Å². The van der Waals surface area contributed by atoms with Gasteiger partial charge in [0.25, 0.3) is 0 Å². The molecule has 66 valence electrons. The summed E-state index contributed by atoms with van der Waals surface area (Å²) in [6.45, 7) is 0. The molecular weight excluding hydrogens is 225 g/mol. The Kier molecular flexibility index (Phi) is 77.5.